The van der Waals surface area contributed by atoms with Gasteiger partial charge in [-0.1, -0.05) is 18.2 Å². The number of furan rings is 1. The summed E-state index contributed by atoms with van der Waals surface area (Å²) in [5, 5.41) is 11.0. The smallest absolute Gasteiger partial charge is 0.446 e. The molecule has 0 aliphatic carbocycles. The van der Waals surface area contributed by atoms with Gasteiger partial charge in [0.25, 0.3) is 0 Å². The molecule has 0 fully saturated rings. The van der Waals surface area contributed by atoms with Gasteiger partial charge in [0.1, 0.15) is 17.1 Å². The Hall–Kier alpha value is -3.50. The van der Waals surface area contributed by atoms with Crippen molar-refractivity contribution in [2.75, 3.05) is 14.2 Å². The third kappa shape index (κ3) is 4.18. The Bertz CT molecular complexity index is 1210. The topological polar surface area (TPSA) is 132 Å². The average molecular weight is 420 g/mol. The van der Waals surface area contributed by atoms with Crippen LogP contribution in [0.25, 0.3) is 17.0 Å². The van der Waals surface area contributed by atoms with Crippen LogP contribution in [0.1, 0.15) is 15.9 Å². The summed E-state index contributed by atoms with van der Waals surface area (Å²) in [6.07, 6.45) is 3.92. The molecule has 3 aromatic rings. The number of phenolic OH excluding ortho intramolecular Hbond substituents is 1. The lowest BCUT2D eigenvalue weighted by Gasteiger charge is -2.13. The Morgan fingerprint density at radius 1 is 1.14 bits per heavy atom. The van der Waals surface area contributed by atoms with E-state index in [-0.39, 0.29) is 28.4 Å². The van der Waals surface area contributed by atoms with E-state index in [0.717, 1.165) is 6.08 Å². The Balaban J connectivity index is 2.00. The lowest BCUT2D eigenvalue weighted by Crippen LogP contribution is -2.06. The highest BCUT2D eigenvalue weighted by Crippen LogP contribution is 2.45. The van der Waals surface area contributed by atoms with E-state index >= 15 is 0 Å². The summed E-state index contributed by atoms with van der Waals surface area (Å²) in [5.74, 6) is -1.06. The zero-order chi connectivity index (χ0) is 21.2. The molecular weight excluding hydrogens is 404 g/mol. The van der Waals surface area contributed by atoms with Crippen LogP contribution in [0, 0.1) is 0 Å². The Kier molecular flexibility index (Phi) is 5.48. The quantitative estimate of drug-likeness (QED) is 0.336. The van der Waals surface area contributed by atoms with Crippen LogP contribution in [0.4, 0.5) is 0 Å². The lowest BCUT2D eigenvalue weighted by molar-refractivity contribution is 0.104. The number of hydrogen-bond donors (Lipinski definition) is 2. The number of aromatic hydroxyl groups is 1. The molecule has 9 nitrogen and oxygen atoms in total. The summed E-state index contributed by atoms with van der Waals surface area (Å²) in [6.45, 7) is 0. The van der Waals surface area contributed by atoms with Crippen LogP contribution in [-0.4, -0.2) is 38.1 Å². The molecule has 0 atom stereocenters. The van der Waals surface area contributed by atoms with Crippen LogP contribution < -0.4 is 13.7 Å². The average Bonchev–Trinajstić information content (AvgIpc) is 3.13. The monoisotopic (exact) mass is 420 g/mol. The second-order valence-corrected chi connectivity index (χ2v) is 6.76. The summed E-state index contributed by atoms with van der Waals surface area (Å²) in [5.41, 5.74) is 0.520. The fourth-order valence-electron chi connectivity index (χ4n) is 2.80. The first-order valence-electron chi connectivity index (χ1n) is 8.08. The van der Waals surface area contributed by atoms with Crippen LogP contribution in [0.2, 0.25) is 0 Å². The highest BCUT2D eigenvalue weighted by molar-refractivity contribution is 7.81. The first-order chi connectivity index (χ1) is 13.7. The van der Waals surface area contributed by atoms with Gasteiger partial charge in [-0.25, -0.2) is 0 Å². The zero-order valence-corrected chi connectivity index (χ0v) is 16.1. The van der Waals surface area contributed by atoms with Gasteiger partial charge in [0.05, 0.1) is 25.9 Å². The van der Waals surface area contributed by atoms with E-state index in [1.165, 1.54) is 44.8 Å². The maximum atomic E-state index is 12.8. The van der Waals surface area contributed by atoms with Gasteiger partial charge in [-0.3, -0.25) is 9.35 Å². The van der Waals surface area contributed by atoms with Gasteiger partial charge in [-0.2, -0.15) is 8.42 Å². The number of ketones is 1. The van der Waals surface area contributed by atoms with Crippen molar-refractivity contribution in [2.45, 2.75) is 0 Å². The summed E-state index contributed by atoms with van der Waals surface area (Å²) in [4.78, 5) is 12.8. The molecule has 0 saturated heterocycles. The van der Waals surface area contributed by atoms with Gasteiger partial charge >= 0.3 is 10.4 Å². The normalized spacial score (nSPS) is 11.7. The van der Waals surface area contributed by atoms with Crippen LogP contribution in [-0.2, 0) is 10.4 Å². The zero-order valence-electron chi connectivity index (χ0n) is 15.3. The number of carbonyl (C=O) groups is 1. The number of allylic oxidation sites excluding steroid dienone is 1. The highest BCUT2D eigenvalue weighted by Gasteiger charge is 2.26. The van der Waals surface area contributed by atoms with Crippen LogP contribution in [0.15, 0.2) is 47.1 Å². The van der Waals surface area contributed by atoms with Crippen molar-refractivity contribution in [3.63, 3.8) is 0 Å². The maximum Gasteiger partial charge on any atom is 0.446 e. The minimum atomic E-state index is -4.67. The fourth-order valence-corrected chi connectivity index (χ4v) is 3.15. The minimum Gasteiger partial charge on any atom is -0.504 e. The molecule has 0 aliphatic heterocycles. The summed E-state index contributed by atoms with van der Waals surface area (Å²) in [6, 6.07) is 7.25. The van der Waals surface area contributed by atoms with E-state index in [0.29, 0.717) is 10.9 Å². The Labute approximate surface area is 165 Å². The van der Waals surface area contributed by atoms with Gasteiger partial charge in [-0.15, -0.1) is 0 Å². The number of rotatable bonds is 7. The van der Waals surface area contributed by atoms with Crippen molar-refractivity contribution in [3.8, 4) is 23.0 Å². The molecule has 10 heteroatoms. The molecule has 0 aliphatic rings. The molecule has 1 heterocycles. The van der Waals surface area contributed by atoms with Gasteiger partial charge in [0, 0.05) is 0 Å². The van der Waals surface area contributed by atoms with E-state index in [9.17, 15) is 18.3 Å². The number of carbonyl (C=O) groups excluding carboxylic acids is 1. The molecule has 0 saturated carbocycles. The SMILES string of the molecule is COc1c(C(=O)/C=C/c2cccc(OS(=O)(=O)O)c2)c(O)c(OC)c2occc12. The van der Waals surface area contributed by atoms with E-state index in [1.54, 1.807) is 12.1 Å². The van der Waals surface area contributed by atoms with Crippen molar-refractivity contribution in [1.82, 2.24) is 0 Å². The van der Waals surface area contributed by atoms with Crippen LogP contribution >= 0.6 is 0 Å². The lowest BCUT2D eigenvalue weighted by atomic mass is 10.0. The van der Waals surface area contributed by atoms with Gasteiger partial charge < -0.3 is 23.2 Å². The van der Waals surface area contributed by atoms with E-state index in [2.05, 4.69) is 4.18 Å². The van der Waals surface area contributed by atoms with Crippen LogP contribution in [0.5, 0.6) is 23.0 Å². The summed E-state index contributed by atoms with van der Waals surface area (Å²) in [7, 11) is -1.99. The minimum absolute atomic E-state index is 0.00824. The second-order valence-electron chi connectivity index (χ2n) is 5.73. The number of phenols is 1. The van der Waals surface area contributed by atoms with Crippen molar-refractivity contribution >= 4 is 33.2 Å². The number of methoxy groups -OCH3 is 2. The Morgan fingerprint density at radius 3 is 2.52 bits per heavy atom. The number of fused-ring (bicyclic) bond motifs is 1. The van der Waals surface area contributed by atoms with E-state index in [1.807, 2.05) is 0 Å². The number of ether oxygens (including phenoxy) is 2. The molecule has 1 aromatic heterocycles. The molecule has 0 unspecified atom stereocenters. The number of benzene rings is 2. The van der Waals surface area contributed by atoms with Gasteiger partial charge in [-0.05, 0) is 29.8 Å². The van der Waals surface area contributed by atoms with Crippen molar-refractivity contribution in [3.05, 3.63) is 53.8 Å². The molecule has 2 aromatic carbocycles. The molecule has 0 radical (unpaired) electrons. The van der Waals surface area contributed by atoms with Gasteiger partial charge in [0.15, 0.2) is 17.1 Å². The third-order valence-electron chi connectivity index (χ3n) is 3.94. The molecule has 3 rings (SSSR count). The Morgan fingerprint density at radius 2 is 1.86 bits per heavy atom. The predicted octanol–water partition coefficient (Wildman–Crippen LogP) is 3.23. The predicted molar refractivity (Wildman–Crippen MR) is 103 cm³/mol. The van der Waals surface area contributed by atoms with E-state index in [4.69, 9.17) is 18.4 Å². The second kappa shape index (κ2) is 7.86. The molecule has 0 bridgehead atoms. The first-order valence-corrected chi connectivity index (χ1v) is 9.45. The van der Waals surface area contributed by atoms with E-state index < -0.39 is 21.9 Å². The molecular formula is C19H16O9S. The van der Waals surface area contributed by atoms with Crippen LogP contribution in [0.3, 0.4) is 0 Å². The van der Waals surface area contributed by atoms with Crippen molar-refractivity contribution in [1.29, 1.82) is 0 Å². The highest BCUT2D eigenvalue weighted by atomic mass is 32.3. The summed E-state index contributed by atoms with van der Waals surface area (Å²) >= 11 is 0. The molecule has 0 amide bonds. The van der Waals surface area contributed by atoms with Gasteiger partial charge in [0.2, 0.25) is 5.75 Å². The first kappa shape index (κ1) is 20.2. The fraction of sp³-hybridized carbons (Fsp3) is 0.105. The maximum absolute atomic E-state index is 12.8. The van der Waals surface area contributed by atoms with Crippen molar-refractivity contribution in [2.24, 2.45) is 0 Å². The van der Waals surface area contributed by atoms with Crippen molar-refractivity contribution < 1.29 is 40.9 Å². The molecule has 2 N–H and O–H groups in total. The third-order valence-corrected chi connectivity index (χ3v) is 4.34. The number of hydrogen-bond acceptors (Lipinski definition) is 8. The summed E-state index contributed by atoms with van der Waals surface area (Å²) < 4.78 is 50.5. The molecule has 0 spiro atoms. The largest absolute Gasteiger partial charge is 0.504 e. The molecule has 152 valence electrons. The molecule has 29 heavy (non-hydrogen) atoms. The standard InChI is InChI=1S/C19H16O9S/c1-25-17-13-8-9-27-18(13)19(26-2)16(21)15(17)14(20)7-6-11-4-3-5-12(10-11)28-29(22,23)24/h3-10,21H,1-2H3,(H,22,23,24)/b7-6+.